The van der Waals surface area contributed by atoms with Crippen LogP contribution >= 0.6 is 23.2 Å². The molecule has 0 N–H and O–H groups in total. The molecular weight excluding hydrogens is 242 g/mol. The number of nitrogens with zero attached hydrogens (tertiary/aromatic N) is 1. The normalized spacial score (nSPS) is 11.6. The van der Waals surface area contributed by atoms with Gasteiger partial charge in [-0.25, -0.2) is 4.98 Å². The van der Waals surface area contributed by atoms with Gasteiger partial charge in [0.05, 0.1) is 11.2 Å². The maximum Gasteiger partial charge on any atom is 0.573 e. The Hall–Kier alpha value is -0.680. The van der Waals surface area contributed by atoms with Gasteiger partial charge in [-0.1, -0.05) is 23.2 Å². The zero-order chi connectivity index (χ0) is 10.9. The summed E-state index contributed by atoms with van der Waals surface area (Å²) in [6, 6.07) is 0. The Labute approximate surface area is 87.6 Å². The van der Waals surface area contributed by atoms with Gasteiger partial charge < -0.3 is 4.74 Å². The monoisotopic (exact) mass is 245 g/mol. The number of rotatable bonds is 1. The molecule has 0 aliphatic carbocycles. The van der Waals surface area contributed by atoms with Crippen molar-refractivity contribution in [1.29, 1.82) is 0 Å². The lowest BCUT2D eigenvalue weighted by Gasteiger charge is -2.11. The van der Waals surface area contributed by atoms with Gasteiger partial charge in [0.15, 0.2) is 5.75 Å². The van der Waals surface area contributed by atoms with Gasteiger partial charge in [0.2, 0.25) is 0 Å². The number of pyridine rings is 1. The number of halogens is 5. The van der Waals surface area contributed by atoms with E-state index in [4.69, 9.17) is 23.2 Å². The van der Waals surface area contributed by atoms with Gasteiger partial charge in [-0.05, 0) is 6.92 Å². The van der Waals surface area contributed by atoms with Crippen LogP contribution in [0.2, 0.25) is 10.2 Å². The highest BCUT2D eigenvalue weighted by molar-refractivity contribution is 6.36. The molecule has 0 spiro atoms. The van der Waals surface area contributed by atoms with Crippen LogP contribution in [0.15, 0.2) is 6.20 Å². The van der Waals surface area contributed by atoms with Crippen LogP contribution in [0.1, 0.15) is 5.56 Å². The Morgan fingerprint density at radius 3 is 2.43 bits per heavy atom. The van der Waals surface area contributed by atoms with Crippen LogP contribution in [0.5, 0.6) is 5.75 Å². The van der Waals surface area contributed by atoms with E-state index < -0.39 is 12.1 Å². The molecule has 0 aliphatic rings. The van der Waals surface area contributed by atoms with Crippen molar-refractivity contribution < 1.29 is 17.9 Å². The molecule has 0 saturated carbocycles. The van der Waals surface area contributed by atoms with Crippen LogP contribution in [0.4, 0.5) is 13.2 Å². The van der Waals surface area contributed by atoms with Crippen molar-refractivity contribution in [2.75, 3.05) is 0 Å². The summed E-state index contributed by atoms with van der Waals surface area (Å²) in [6.45, 7) is 1.45. The Kier molecular flexibility index (Phi) is 3.11. The predicted molar refractivity (Wildman–Crippen MR) is 45.7 cm³/mol. The van der Waals surface area contributed by atoms with Gasteiger partial charge in [0.25, 0.3) is 0 Å². The molecule has 0 atom stereocenters. The van der Waals surface area contributed by atoms with Gasteiger partial charge in [-0.15, -0.1) is 13.2 Å². The maximum absolute atomic E-state index is 11.8. The van der Waals surface area contributed by atoms with Crippen molar-refractivity contribution in [3.05, 3.63) is 21.9 Å². The number of aromatic nitrogens is 1. The van der Waals surface area contributed by atoms with E-state index in [-0.39, 0.29) is 15.7 Å². The second kappa shape index (κ2) is 3.82. The third kappa shape index (κ3) is 2.65. The molecule has 1 aromatic heterocycles. The first-order valence-corrected chi connectivity index (χ1v) is 4.13. The van der Waals surface area contributed by atoms with Crippen molar-refractivity contribution in [3.8, 4) is 5.75 Å². The fraction of sp³-hybridized carbons (Fsp3) is 0.286. The third-order valence-corrected chi connectivity index (χ3v) is 2.23. The zero-order valence-electron chi connectivity index (χ0n) is 6.82. The summed E-state index contributed by atoms with van der Waals surface area (Å²) in [5.41, 5.74) is 0.245. The molecular formula is C7H4Cl2F3NO. The van der Waals surface area contributed by atoms with Gasteiger partial charge >= 0.3 is 6.36 Å². The van der Waals surface area contributed by atoms with Gasteiger partial charge in [-0.2, -0.15) is 0 Å². The van der Waals surface area contributed by atoms with Crippen LogP contribution in [0.3, 0.4) is 0 Å². The van der Waals surface area contributed by atoms with Crippen molar-refractivity contribution in [2.45, 2.75) is 13.3 Å². The van der Waals surface area contributed by atoms with Crippen molar-refractivity contribution >= 4 is 23.2 Å². The lowest BCUT2D eigenvalue weighted by molar-refractivity contribution is -0.274. The Morgan fingerprint density at radius 1 is 1.36 bits per heavy atom. The Balaban J connectivity index is 3.06. The van der Waals surface area contributed by atoms with Gasteiger partial charge in [0.1, 0.15) is 5.15 Å². The maximum atomic E-state index is 11.8. The average molecular weight is 246 g/mol. The molecule has 0 unspecified atom stereocenters. The molecule has 0 aliphatic heterocycles. The van der Waals surface area contributed by atoms with Crippen LogP contribution in [-0.4, -0.2) is 11.3 Å². The Morgan fingerprint density at radius 2 is 1.93 bits per heavy atom. The molecule has 2 nitrogen and oxygen atoms in total. The highest BCUT2D eigenvalue weighted by atomic mass is 35.5. The Bertz CT molecular complexity index is 354. The quantitative estimate of drug-likeness (QED) is 0.706. The largest absolute Gasteiger partial charge is 0.573 e. The molecule has 1 aromatic rings. The van der Waals surface area contributed by atoms with Crippen molar-refractivity contribution in [2.24, 2.45) is 0 Å². The minimum Gasteiger partial charge on any atom is -0.403 e. The summed E-state index contributed by atoms with van der Waals surface area (Å²) in [5.74, 6) is -0.555. The summed E-state index contributed by atoms with van der Waals surface area (Å²) < 4.78 is 39.1. The first kappa shape index (κ1) is 11.4. The van der Waals surface area contributed by atoms with Crippen molar-refractivity contribution in [1.82, 2.24) is 4.98 Å². The summed E-state index contributed by atoms with van der Waals surface area (Å²) in [7, 11) is 0. The molecule has 14 heavy (non-hydrogen) atoms. The first-order chi connectivity index (χ1) is 6.31. The summed E-state index contributed by atoms with van der Waals surface area (Å²) in [5, 5.41) is -0.146. The lowest BCUT2D eigenvalue weighted by Crippen LogP contribution is -2.17. The fourth-order valence-electron chi connectivity index (χ4n) is 0.740. The second-order valence-electron chi connectivity index (χ2n) is 2.40. The summed E-state index contributed by atoms with van der Waals surface area (Å²) >= 11 is 11.1. The zero-order valence-corrected chi connectivity index (χ0v) is 8.33. The van der Waals surface area contributed by atoms with E-state index in [1.165, 1.54) is 6.92 Å². The van der Waals surface area contributed by atoms with E-state index in [9.17, 15) is 13.2 Å². The lowest BCUT2D eigenvalue weighted by atomic mass is 10.3. The van der Waals surface area contributed by atoms with Crippen LogP contribution < -0.4 is 4.74 Å². The first-order valence-electron chi connectivity index (χ1n) is 3.37. The van der Waals surface area contributed by atoms with E-state index in [0.29, 0.717) is 0 Å². The van der Waals surface area contributed by atoms with E-state index in [2.05, 4.69) is 9.72 Å². The predicted octanol–water partition coefficient (Wildman–Crippen LogP) is 3.60. The van der Waals surface area contributed by atoms with Gasteiger partial charge in [0, 0.05) is 5.56 Å². The summed E-state index contributed by atoms with van der Waals surface area (Å²) in [6.07, 6.45) is -3.96. The molecule has 78 valence electrons. The van der Waals surface area contributed by atoms with E-state index in [1.54, 1.807) is 0 Å². The van der Waals surface area contributed by atoms with E-state index in [0.717, 1.165) is 6.20 Å². The number of ether oxygens (including phenoxy) is 1. The molecule has 0 amide bonds. The van der Waals surface area contributed by atoms with Crippen LogP contribution in [0, 0.1) is 6.92 Å². The second-order valence-corrected chi connectivity index (χ2v) is 3.14. The fourth-order valence-corrected chi connectivity index (χ4v) is 1.11. The number of hydrogen-bond donors (Lipinski definition) is 0. The van der Waals surface area contributed by atoms with Gasteiger partial charge in [-0.3, -0.25) is 0 Å². The molecule has 0 saturated heterocycles. The molecule has 1 heterocycles. The molecule has 0 aromatic carbocycles. The molecule has 0 bridgehead atoms. The van der Waals surface area contributed by atoms with E-state index >= 15 is 0 Å². The molecule has 7 heteroatoms. The smallest absolute Gasteiger partial charge is 0.403 e. The highest BCUT2D eigenvalue weighted by Crippen LogP contribution is 2.33. The van der Waals surface area contributed by atoms with Crippen LogP contribution in [0.25, 0.3) is 0 Å². The molecule has 0 fully saturated rings. The summed E-state index contributed by atoms with van der Waals surface area (Å²) in [4.78, 5) is 3.48. The number of hydrogen-bond acceptors (Lipinski definition) is 2. The minimum atomic E-state index is -4.79. The molecule has 1 rings (SSSR count). The SMILES string of the molecule is Cc1c(Cl)ncc(OC(F)(F)F)c1Cl. The third-order valence-electron chi connectivity index (χ3n) is 1.38. The number of alkyl halides is 3. The average Bonchev–Trinajstić information content (AvgIpc) is 2.04. The van der Waals surface area contributed by atoms with Crippen molar-refractivity contribution in [3.63, 3.8) is 0 Å². The van der Waals surface area contributed by atoms with Crippen LogP contribution in [-0.2, 0) is 0 Å². The van der Waals surface area contributed by atoms with E-state index in [1.807, 2.05) is 0 Å². The minimum absolute atomic E-state index is 0.0459. The standard InChI is InChI=1S/C7H4Cl2F3NO/c1-3-5(8)4(2-13-6(3)9)14-7(10,11)12/h2H,1H3. The highest BCUT2D eigenvalue weighted by Gasteiger charge is 2.32. The topological polar surface area (TPSA) is 22.1 Å². The molecule has 0 radical (unpaired) electrons.